The van der Waals surface area contributed by atoms with Crippen LogP contribution in [0.15, 0.2) is 0 Å². The average Bonchev–Trinajstić information content (AvgIpc) is 2.25. The van der Waals surface area contributed by atoms with Gasteiger partial charge in [-0.05, 0) is 94.0 Å². The summed E-state index contributed by atoms with van der Waals surface area (Å²) >= 11 is 0. The SMILES string of the molecule is CN(C)CCCC(N)(CCCN(C)C)CCN(C)C. The number of rotatable bonds is 11. The van der Waals surface area contributed by atoms with Crippen LogP contribution in [-0.2, 0) is 0 Å². The molecule has 0 amide bonds. The van der Waals surface area contributed by atoms with Crippen LogP contribution in [0.3, 0.4) is 0 Å². The minimum atomic E-state index is 0.0102. The molecule has 0 aliphatic rings. The first kappa shape index (κ1) is 18.8. The zero-order valence-electron chi connectivity index (χ0n) is 14.1. The summed E-state index contributed by atoms with van der Waals surface area (Å²) in [5.41, 5.74) is 6.67. The fourth-order valence-electron chi connectivity index (χ4n) is 2.32. The zero-order chi connectivity index (χ0) is 14.9. The number of hydrogen-bond donors (Lipinski definition) is 1. The van der Waals surface area contributed by atoms with E-state index in [9.17, 15) is 0 Å². The Morgan fingerprint density at radius 3 is 1.32 bits per heavy atom. The van der Waals surface area contributed by atoms with E-state index in [1.807, 2.05) is 0 Å². The van der Waals surface area contributed by atoms with Gasteiger partial charge < -0.3 is 20.4 Å². The van der Waals surface area contributed by atoms with Crippen LogP contribution in [0.5, 0.6) is 0 Å². The fraction of sp³-hybridized carbons (Fsp3) is 1.00. The Labute approximate surface area is 120 Å². The Morgan fingerprint density at radius 1 is 0.632 bits per heavy atom. The summed E-state index contributed by atoms with van der Waals surface area (Å²) in [5.74, 6) is 0. The third-order valence-corrected chi connectivity index (χ3v) is 3.62. The molecule has 0 spiro atoms. The van der Waals surface area contributed by atoms with Crippen LogP contribution in [0.4, 0.5) is 0 Å². The van der Waals surface area contributed by atoms with Crippen LogP contribution in [0, 0.1) is 0 Å². The lowest BCUT2D eigenvalue weighted by molar-refractivity contribution is 0.253. The molecular formula is C15H36N4. The van der Waals surface area contributed by atoms with Gasteiger partial charge in [0, 0.05) is 5.54 Å². The van der Waals surface area contributed by atoms with Gasteiger partial charge in [0.05, 0.1) is 0 Å². The van der Waals surface area contributed by atoms with E-state index in [0.29, 0.717) is 0 Å². The summed E-state index contributed by atoms with van der Waals surface area (Å²) in [5, 5.41) is 0. The predicted octanol–water partition coefficient (Wildman–Crippen LogP) is 1.32. The van der Waals surface area contributed by atoms with Crippen LogP contribution >= 0.6 is 0 Å². The molecular weight excluding hydrogens is 236 g/mol. The maximum absolute atomic E-state index is 6.66. The first-order chi connectivity index (χ1) is 8.75. The van der Waals surface area contributed by atoms with Crippen molar-refractivity contribution in [2.24, 2.45) is 5.73 Å². The molecule has 19 heavy (non-hydrogen) atoms. The third-order valence-electron chi connectivity index (χ3n) is 3.62. The molecule has 0 aromatic heterocycles. The molecule has 0 aromatic carbocycles. The molecule has 0 atom stereocenters. The van der Waals surface area contributed by atoms with Gasteiger partial charge in [-0.1, -0.05) is 0 Å². The van der Waals surface area contributed by atoms with Crippen molar-refractivity contribution >= 4 is 0 Å². The molecule has 0 rings (SSSR count). The van der Waals surface area contributed by atoms with Crippen LogP contribution in [0.25, 0.3) is 0 Å². The van der Waals surface area contributed by atoms with E-state index in [-0.39, 0.29) is 5.54 Å². The standard InChI is InChI=1S/C15H36N4/c1-17(2)12-7-9-15(16,11-14-19(5)6)10-8-13-18(3)4/h7-14,16H2,1-6H3. The van der Waals surface area contributed by atoms with Gasteiger partial charge in [-0.2, -0.15) is 0 Å². The van der Waals surface area contributed by atoms with Gasteiger partial charge in [-0.15, -0.1) is 0 Å². The molecule has 0 heterocycles. The van der Waals surface area contributed by atoms with Gasteiger partial charge in [-0.25, -0.2) is 0 Å². The highest BCUT2D eigenvalue weighted by molar-refractivity contribution is 4.85. The molecule has 0 aliphatic carbocycles. The molecule has 0 bridgehead atoms. The van der Waals surface area contributed by atoms with Gasteiger partial charge in [0.2, 0.25) is 0 Å². The first-order valence-electron chi connectivity index (χ1n) is 7.48. The minimum Gasteiger partial charge on any atom is -0.325 e. The van der Waals surface area contributed by atoms with E-state index in [4.69, 9.17) is 5.73 Å². The van der Waals surface area contributed by atoms with Crippen molar-refractivity contribution in [1.82, 2.24) is 14.7 Å². The van der Waals surface area contributed by atoms with Crippen LogP contribution in [0.2, 0.25) is 0 Å². The summed E-state index contributed by atoms with van der Waals surface area (Å²) in [6.45, 7) is 3.35. The van der Waals surface area contributed by atoms with E-state index in [1.165, 1.54) is 12.8 Å². The second-order valence-electron chi connectivity index (χ2n) is 6.73. The topological polar surface area (TPSA) is 35.7 Å². The third kappa shape index (κ3) is 11.4. The summed E-state index contributed by atoms with van der Waals surface area (Å²) in [7, 11) is 12.8. The average molecular weight is 272 g/mol. The maximum atomic E-state index is 6.66. The first-order valence-corrected chi connectivity index (χ1v) is 7.48. The highest BCUT2D eigenvalue weighted by atomic mass is 15.1. The number of hydrogen-bond acceptors (Lipinski definition) is 4. The fourth-order valence-corrected chi connectivity index (χ4v) is 2.32. The second kappa shape index (κ2) is 9.70. The Kier molecular flexibility index (Phi) is 9.62. The van der Waals surface area contributed by atoms with Gasteiger partial charge in [0.1, 0.15) is 0 Å². The molecule has 116 valence electrons. The van der Waals surface area contributed by atoms with Gasteiger partial charge in [0.15, 0.2) is 0 Å². The van der Waals surface area contributed by atoms with Crippen molar-refractivity contribution in [2.45, 2.75) is 37.6 Å². The summed E-state index contributed by atoms with van der Waals surface area (Å²) in [6.07, 6.45) is 5.75. The Morgan fingerprint density at radius 2 is 1.00 bits per heavy atom. The highest BCUT2D eigenvalue weighted by Gasteiger charge is 2.24. The normalized spacial score (nSPS) is 12.9. The lowest BCUT2D eigenvalue weighted by Gasteiger charge is -2.32. The molecule has 4 nitrogen and oxygen atoms in total. The highest BCUT2D eigenvalue weighted by Crippen LogP contribution is 2.21. The Hall–Kier alpha value is -0.160. The van der Waals surface area contributed by atoms with Crippen molar-refractivity contribution in [2.75, 3.05) is 61.9 Å². The van der Waals surface area contributed by atoms with Gasteiger partial charge >= 0.3 is 0 Å². The second-order valence-corrected chi connectivity index (χ2v) is 6.73. The molecule has 0 radical (unpaired) electrons. The zero-order valence-corrected chi connectivity index (χ0v) is 14.1. The quantitative estimate of drug-likeness (QED) is 0.615. The molecule has 0 saturated carbocycles. The Bertz CT molecular complexity index is 200. The lowest BCUT2D eigenvalue weighted by Crippen LogP contribution is -2.43. The van der Waals surface area contributed by atoms with Crippen molar-refractivity contribution < 1.29 is 0 Å². The molecule has 0 aromatic rings. The van der Waals surface area contributed by atoms with E-state index in [1.54, 1.807) is 0 Å². The lowest BCUT2D eigenvalue weighted by atomic mass is 9.85. The molecule has 0 unspecified atom stereocenters. The van der Waals surface area contributed by atoms with E-state index >= 15 is 0 Å². The van der Waals surface area contributed by atoms with Crippen LogP contribution in [-0.4, -0.2) is 82.2 Å². The van der Waals surface area contributed by atoms with Crippen LogP contribution < -0.4 is 5.73 Å². The van der Waals surface area contributed by atoms with Crippen molar-refractivity contribution in [3.8, 4) is 0 Å². The van der Waals surface area contributed by atoms with Crippen LogP contribution in [0.1, 0.15) is 32.1 Å². The smallest absolute Gasteiger partial charge is 0.0167 e. The van der Waals surface area contributed by atoms with E-state index in [0.717, 1.165) is 38.9 Å². The summed E-state index contributed by atoms with van der Waals surface area (Å²) in [6, 6.07) is 0. The number of nitrogens with zero attached hydrogens (tertiary/aromatic N) is 3. The predicted molar refractivity (Wildman–Crippen MR) is 85.7 cm³/mol. The summed E-state index contributed by atoms with van der Waals surface area (Å²) in [4.78, 5) is 6.72. The molecule has 0 fully saturated rings. The monoisotopic (exact) mass is 272 g/mol. The maximum Gasteiger partial charge on any atom is 0.0167 e. The Balaban J connectivity index is 4.18. The van der Waals surface area contributed by atoms with Crippen molar-refractivity contribution in [1.29, 1.82) is 0 Å². The van der Waals surface area contributed by atoms with Gasteiger partial charge in [-0.3, -0.25) is 0 Å². The van der Waals surface area contributed by atoms with E-state index < -0.39 is 0 Å². The molecule has 4 heteroatoms. The van der Waals surface area contributed by atoms with E-state index in [2.05, 4.69) is 57.0 Å². The molecule has 0 aliphatic heterocycles. The molecule has 0 saturated heterocycles. The minimum absolute atomic E-state index is 0.0102. The van der Waals surface area contributed by atoms with Gasteiger partial charge in [0.25, 0.3) is 0 Å². The van der Waals surface area contributed by atoms with Crippen molar-refractivity contribution in [3.05, 3.63) is 0 Å². The largest absolute Gasteiger partial charge is 0.325 e. The summed E-state index contributed by atoms with van der Waals surface area (Å²) < 4.78 is 0. The molecule has 2 N–H and O–H groups in total. The number of nitrogens with two attached hydrogens (primary N) is 1. The van der Waals surface area contributed by atoms with Crippen molar-refractivity contribution in [3.63, 3.8) is 0 Å².